The van der Waals surface area contributed by atoms with Crippen LogP contribution >= 0.6 is 11.3 Å². The SMILES string of the molecule is COCCN(Cc1cccs1)C(=O)c1ccc(C)[nH]c1=O. The minimum absolute atomic E-state index is 0.160. The average molecular weight is 306 g/mol. The highest BCUT2D eigenvalue weighted by molar-refractivity contribution is 7.09. The predicted molar refractivity (Wildman–Crippen MR) is 82.7 cm³/mol. The summed E-state index contributed by atoms with van der Waals surface area (Å²) in [6, 6.07) is 7.22. The molecule has 0 aliphatic carbocycles. The summed E-state index contributed by atoms with van der Waals surface area (Å²) in [5.41, 5.74) is 0.542. The molecular formula is C15H18N2O3S. The number of rotatable bonds is 6. The number of H-pyrrole nitrogens is 1. The number of nitrogens with one attached hydrogen (secondary N) is 1. The van der Waals surface area contributed by atoms with Crippen LogP contribution in [0.3, 0.4) is 0 Å². The Morgan fingerprint density at radius 2 is 2.19 bits per heavy atom. The fourth-order valence-corrected chi connectivity index (χ4v) is 2.67. The van der Waals surface area contributed by atoms with Crippen molar-refractivity contribution in [2.24, 2.45) is 0 Å². The van der Waals surface area contributed by atoms with E-state index >= 15 is 0 Å². The van der Waals surface area contributed by atoms with Crippen molar-refractivity contribution in [1.29, 1.82) is 0 Å². The molecule has 2 rings (SSSR count). The minimum atomic E-state index is -0.353. The lowest BCUT2D eigenvalue weighted by Crippen LogP contribution is -2.36. The van der Waals surface area contributed by atoms with Crippen LogP contribution in [-0.2, 0) is 11.3 Å². The molecule has 0 fully saturated rings. The van der Waals surface area contributed by atoms with Crippen molar-refractivity contribution in [3.63, 3.8) is 0 Å². The van der Waals surface area contributed by atoms with E-state index < -0.39 is 0 Å². The fraction of sp³-hybridized carbons (Fsp3) is 0.333. The third-order valence-electron chi connectivity index (χ3n) is 3.07. The van der Waals surface area contributed by atoms with Crippen LogP contribution in [0.5, 0.6) is 0 Å². The maximum Gasteiger partial charge on any atom is 0.260 e. The van der Waals surface area contributed by atoms with Crippen LogP contribution in [0.25, 0.3) is 0 Å². The lowest BCUT2D eigenvalue weighted by Gasteiger charge is -2.21. The lowest BCUT2D eigenvalue weighted by molar-refractivity contribution is 0.0680. The quantitative estimate of drug-likeness (QED) is 0.888. The van der Waals surface area contributed by atoms with E-state index in [1.165, 1.54) is 0 Å². The number of carbonyl (C=O) groups excluding carboxylic acids is 1. The topological polar surface area (TPSA) is 62.4 Å². The standard InChI is InChI=1S/C15H18N2O3S/c1-11-5-6-13(14(18)16-11)15(19)17(7-8-20-2)10-12-4-3-9-21-12/h3-6,9H,7-8,10H2,1-2H3,(H,16,18). The first-order valence-corrected chi connectivity index (χ1v) is 7.50. The Labute approximate surface area is 127 Å². The first-order valence-electron chi connectivity index (χ1n) is 6.62. The van der Waals surface area contributed by atoms with E-state index in [1.807, 2.05) is 17.5 Å². The number of nitrogens with zero attached hydrogens (tertiary/aromatic N) is 1. The molecule has 0 saturated heterocycles. The summed E-state index contributed by atoms with van der Waals surface area (Å²) < 4.78 is 5.05. The molecule has 0 bridgehead atoms. The average Bonchev–Trinajstić information content (AvgIpc) is 2.95. The summed E-state index contributed by atoms with van der Waals surface area (Å²) >= 11 is 1.58. The molecule has 5 nitrogen and oxygen atoms in total. The number of aromatic nitrogens is 1. The molecule has 2 aromatic heterocycles. The summed E-state index contributed by atoms with van der Waals surface area (Å²) in [5.74, 6) is -0.276. The van der Waals surface area contributed by atoms with E-state index in [4.69, 9.17) is 4.74 Å². The molecule has 0 aliphatic heterocycles. The number of carbonyl (C=O) groups is 1. The molecule has 21 heavy (non-hydrogen) atoms. The zero-order valence-corrected chi connectivity index (χ0v) is 12.9. The number of methoxy groups -OCH3 is 1. The van der Waals surface area contributed by atoms with Crippen LogP contribution in [-0.4, -0.2) is 36.1 Å². The molecule has 0 unspecified atom stereocenters. The van der Waals surface area contributed by atoms with E-state index in [0.29, 0.717) is 19.7 Å². The number of amides is 1. The van der Waals surface area contributed by atoms with Crippen LogP contribution in [0, 0.1) is 6.92 Å². The second-order valence-electron chi connectivity index (χ2n) is 4.68. The smallest absolute Gasteiger partial charge is 0.260 e. The van der Waals surface area contributed by atoms with Crippen molar-refractivity contribution < 1.29 is 9.53 Å². The second-order valence-corrected chi connectivity index (χ2v) is 5.72. The molecule has 6 heteroatoms. The number of ether oxygens (including phenoxy) is 1. The van der Waals surface area contributed by atoms with Crippen molar-refractivity contribution in [1.82, 2.24) is 9.88 Å². The van der Waals surface area contributed by atoms with E-state index in [1.54, 1.807) is 42.4 Å². The normalized spacial score (nSPS) is 10.6. The molecule has 0 atom stereocenters. The molecule has 2 aromatic rings. The van der Waals surface area contributed by atoms with Crippen molar-refractivity contribution >= 4 is 17.2 Å². The minimum Gasteiger partial charge on any atom is -0.383 e. The van der Waals surface area contributed by atoms with E-state index in [-0.39, 0.29) is 17.0 Å². The van der Waals surface area contributed by atoms with Gasteiger partial charge in [-0.15, -0.1) is 11.3 Å². The molecule has 1 N–H and O–H groups in total. The Hall–Kier alpha value is -1.92. The second kappa shape index (κ2) is 7.19. The summed E-state index contributed by atoms with van der Waals surface area (Å²) in [6.45, 7) is 3.14. The number of hydrogen-bond donors (Lipinski definition) is 1. The van der Waals surface area contributed by atoms with Crippen molar-refractivity contribution in [2.45, 2.75) is 13.5 Å². The molecule has 0 radical (unpaired) electrons. The van der Waals surface area contributed by atoms with Gasteiger partial charge >= 0.3 is 0 Å². The predicted octanol–water partition coefficient (Wildman–Crippen LogP) is 2.03. The van der Waals surface area contributed by atoms with Crippen molar-refractivity contribution in [3.8, 4) is 0 Å². The van der Waals surface area contributed by atoms with Gasteiger partial charge in [-0.3, -0.25) is 9.59 Å². The van der Waals surface area contributed by atoms with Crippen LogP contribution in [0.15, 0.2) is 34.4 Å². The van der Waals surface area contributed by atoms with Gasteiger partial charge in [0.2, 0.25) is 0 Å². The highest BCUT2D eigenvalue weighted by atomic mass is 32.1. The first kappa shape index (κ1) is 15.5. The summed E-state index contributed by atoms with van der Waals surface area (Å²) in [6.07, 6.45) is 0. The zero-order valence-electron chi connectivity index (χ0n) is 12.1. The van der Waals surface area contributed by atoms with E-state index in [2.05, 4.69) is 4.98 Å². The molecular weight excluding hydrogens is 288 g/mol. The fourth-order valence-electron chi connectivity index (χ4n) is 1.96. The summed E-state index contributed by atoms with van der Waals surface area (Å²) in [4.78, 5) is 29.9. The number of aryl methyl sites for hydroxylation is 1. The van der Waals surface area contributed by atoms with Crippen LogP contribution in [0.2, 0.25) is 0 Å². The van der Waals surface area contributed by atoms with Gasteiger partial charge in [-0.1, -0.05) is 6.07 Å². The Kier molecular flexibility index (Phi) is 5.30. The van der Waals surface area contributed by atoms with Crippen LogP contribution < -0.4 is 5.56 Å². The van der Waals surface area contributed by atoms with Gasteiger partial charge in [-0.2, -0.15) is 0 Å². The van der Waals surface area contributed by atoms with Gasteiger partial charge < -0.3 is 14.6 Å². The highest BCUT2D eigenvalue weighted by Gasteiger charge is 2.19. The largest absolute Gasteiger partial charge is 0.383 e. The molecule has 1 amide bonds. The Balaban J connectivity index is 2.22. The van der Waals surface area contributed by atoms with Gasteiger partial charge in [0.05, 0.1) is 13.2 Å². The number of pyridine rings is 1. The zero-order chi connectivity index (χ0) is 15.2. The molecule has 0 spiro atoms. The molecule has 0 aliphatic rings. The number of hydrogen-bond acceptors (Lipinski definition) is 4. The van der Waals surface area contributed by atoms with Crippen molar-refractivity contribution in [2.75, 3.05) is 20.3 Å². The summed E-state index contributed by atoms with van der Waals surface area (Å²) in [7, 11) is 1.59. The van der Waals surface area contributed by atoms with Gasteiger partial charge in [0.15, 0.2) is 0 Å². The maximum absolute atomic E-state index is 12.6. The van der Waals surface area contributed by atoms with Gasteiger partial charge in [-0.25, -0.2) is 0 Å². The van der Waals surface area contributed by atoms with Gasteiger partial charge in [0, 0.05) is 24.2 Å². The Bertz CT molecular complexity index is 649. The van der Waals surface area contributed by atoms with Gasteiger partial charge in [0.1, 0.15) is 5.56 Å². The first-order chi connectivity index (χ1) is 10.1. The van der Waals surface area contributed by atoms with Gasteiger partial charge in [0.25, 0.3) is 11.5 Å². The molecule has 0 saturated carbocycles. The lowest BCUT2D eigenvalue weighted by atomic mass is 10.2. The Morgan fingerprint density at radius 1 is 1.38 bits per heavy atom. The number of aromatic amines is 1. The maximum atomic E-state index is 12.6. The number of thiophene rings is 1. The van der Waals surface area contributed by atoms with Crippen LogP contribution in [0.1, 0.15) is 20.9 Å². The monoisotopic (exact) mass is 306 g/mol. The van der Waals surface area contributed by atoms with Gasteiger partial charge in [-0.05, 0) is 30.5 Å². The van der Waals surface area contributed by atoms with E-state index in [0.717, 1.165) is 10.6 Å². The molecule has 0 aromatic carbocycles. The van der Waals surface area contributed by atoms with E-state index in [9.17, 15) is 9.59 Å². The molecule has 112 valence electrons. The molecule has 2 heterocycles. The third kappa shape index (κ3) is 4.03. The van der Waals surface area contributed by atoms with Crippen molar-refractivity contribution in [3.05, 3.63) is 56.1 Å². The van der Waals surface area contributed by atoms with Crippen LogP contribution in [0.4, 0.5) is 0 Å². The third-order valence-corrected chi connectivity index (χ3v) is 3.93. The Morgan fingerprint density at radius 3 is 2.81 bits per heavy atom. The summed E-state index contributed by atoms with van der Waals surface area (Å²) in [5, 5.41) is 1.97. The highest BCUT2D eigenvalue weighted by Crippen LogP contribution is 2.13.